The predicted octanol–water partition coefficient (Wildman–Crippen LogP) is 2.79. The standard InChI is InChI=1S/C68H79Cl2N7O22S/c1-26(2)12-39(73-5)64(91)77-55-57(86)30-8-11-46(38(70)15-30)96-48-17-31-16-47(60(48)99-67-61(59(88)58(87)49(25-79)97-67)98-52-23-68(4,72)62(89)27(3)94-52)95-45-10-7-29(14-37(45)69)56(85)36-20-43(82)33(21-50(100)54(31)76-65(92)40(22-51(71)84)74-66(55)93)28-6-9-42(81)35(13-28)53-34(18-32(80)19-44(53)83)41(24-78)75-63(36)90/h6-11,13-19,26-27,33,36,39-41,49,52,54-59,61-62,67,73,78-81,83,85-89H,12,20-25,72H2,1-5H3,(H2,71,84)(H,74,93)(H,75,90)(H,76,92)(H,77,91)/t27-,33-,36-,39+,40-,41+,49?,52-,54+,55+,56+,57+,58?,59-,61+,62+,67-,68?/m0/s1. The van der Waals surface area contributed by atoms with Crippen LogP contribution in [0.25, 0.3) is 11.1 Å². The van der Waals surface area contributed by atoms with Crippen LogP contribution in [-0.2, 0) is 43.0 Å². The first-order valence-corrected chi connectivity index (χ1v) is 33.2. The minimum atomic E-state index is -1.99. The highest BCUT2D eigenvalue weighted by Crippen LogP contribution is 2.51. The van der Waals surface area contributed by atoms with Gasteiger partial charge in [-0.3, -0.25) is 28.8 Å². The molecule has 0 radical (unpaired) electrons. The number of benzene rings is 5. The molecule has 18 atom stereocenters. The van der Waals surface area contributed by atoms with E-state index in [0.29, 0.717) is 0 Å². The number of nitrogens with one attached hydrogen (secondary N) is 5. The minimum absolute atomic E-state index is 0.0359. The Morgan fingerprint density at radius 2 is 1.38 bits per heavy atom. The smallest absolute Gasteiger partial charge is 0.246 e. The number of carbonyl (C=O) groups is 6. The molecule has 2 fully saturated rings. The van der Waals surface area contributed by atoms with Gasteiger partial charge in [-0.15, -0.1) is 0 Å². The lowest BCUT2D eigenvalue weighted by Gasteiger charge is -2.47. The Balaban J connectivity index is 1.24. The number of Topliss-reactive ketones (excluding diaryl/α,β-unsaturated/α-hetero) is 1. The topological polar surface area (TPSA) is 472 Å². The average Bonchev–Trinajstić information content (AvgIpc) is 0.770. The van der Waals surface area contributed by atoms with Crippen molar-refractivity contribution in [3.8, 4) is 57.1 Å². The Kier molecular flexibility index (Phi) is 23.0. The van der Waals surface area contributed by atoms with Crippen molar-refractivity contribution in [2.24, 2.45) is 23.3 Å². The number of phenols is 3. The van der Waals surface area contributed by atoms with Crippen LogP contribution >= 0.6 is 35.4 Å². The Morgan fingerprint density at radius 3 is 1.97 bits per heavy atom. The number of aliphatic hydroxyl groups is 7. The van der Waals surface area contributed by atoms with Crippen molar-refractivity contribution in [2.75, 3.05) is 20.3 Å². The summed E-state index contributed by atoms with van der Waals surface area (Å²) in [5, 5.41) is 128. The van der Waals surface area contributed by atoms with Crippen molar-refractivity contribution in [3.63, 3.8) is 0 Å². The SMILES string of the molecule is CN[C@H](CC(C)C)C(=O)N[C@H]1C(=O)N[C@@H](CC(N)=O)C(=O)N[C@H]2C(=S)C[C@@H]3C(=O)C[C@H](C(=O)N[C@H](CO)c4cc(O)cc(O)c4-c4cc3ccc4O)[C@H](O)c3ccc(c(Cl)c3)Oc3cc2cc(c3O[C@@H]2OC(CO)C(O)[C@H](O)[C@H]2O[C@H]2CC(C)(N)[C@H](O)[C@H](C)O2)Oc2ccc(cc2Cl)[C@H]1O. The molecule has 5 aromatic rings. The molecule has 7 aliphatic rings. The minimum Gasteiger partial charge on any atom is -0.508 e. The zero-order valence-corrected chi connectivity index (χ0v) is 56.9. The van der Waals surface area contributed by atoms with Crippen LogP contribution in [0.2, 0.25) is 10.0 Å². The van der Waals surface area contributed by atoms with Gasteiger partial charge in [0.2, 0.25) is 41.6 Å². The number of halogens is 2. The molecule has 0 spiro atoms. The van der Waals surface area contributed by atoms with E-state index >= 15 is 9.59 Å². The third kappa shape index (κ3) is 15.9. The number of hydrogen-bond acceptors (Lipinski definition) is 25. The number of aliphatic hydroxyl groups excluding tert-OH is 7. The van der Waals surface area contributed by atoms with Crippen LogP contribution in [0.4, 0.5) is 0 Å². The zero-order chi connectivity index (χ0) is 72.7. The molecule has 19 N–H and O–H groups in total. The Labute approximate surface area is 587 Å². The van der Waals surface area contributed by atoms with Crippen molar-refractivity contribution < 1.29 is 108 Å². The lowest BCUT2D eigenvalue weighted by atomic mass is 9.80. The average molecular weight is 1450 g/mol. The van der Waals surface area contributed by atoms with E-state index in [0.717, 1.165) is 12.1 Å². The summed E-state index contributed by atoms with van der Waals surface area (Å²) < 4.78 is 38.8. The lowest BCUT2D eigenvalue weighted by molar-refractivity contribution is -0.333. The highest BCUT2D eigenvalue weighted by atomic mass is 35.5. The fourth-order valence-corrected chi connectivity index (χ4v) is 13.9. The number of amides is 5. The normalized spacial score (nSPS) is 29.8. The summed E-state index contributed by atoms with van der Waals surface area (Å²) in [5.74, 6) is -13.2. The molecule has 5 aromatic carbocycles. The van der Waals surface area contributed by atoms with Gasteiger partial charge in [0.05, 0.1) is 72.0 Å². The molecule has 11 bridgehead atoms. The highest BCUT2D eigenvalue weighted by Gasteiger charge is 2.51. The number of ether oxygens (including phenoxy) is 6. The van der Waals surface area contributed by atoms with Crippen LogP contribution in [0.3, 0.4) is 0 Å². The van der Waals surface area contributed by atoms with Gasteiger partial charge >= 0.3 is 0 Å². The van der Waals surface area contributed by atoms with E-state index in [1.54, 1.807) is 0 Å². The summed E-state index contributed by atoms with van der Waals surface area (Å²) in [6.45, 7) is 4.94. The molecular formula is C68H79Cl2N7O22S. The van der Waals surface area contributed by atoms with Crippen LogP contribution in [-0.4, -0.2) is 184 Å². The number of likely N-dealkylation sites (N-methyl/N-ethyl adjacent to an activating group) is 1. The maximum Gasteiger partial charge on any atom is 0.246 e. The van der Waals surface area contributed by atoms with E-state index < -0.39 is 211 Å². The van der Waals surface area contributed by atoms with E-state index in [1.807, 2.05) is 13.8 Å². The van der Waals surface area contributed by atoms with E-state index in [2.05, 4.69) is 26.6 Å². The lowest BCUT2D eigenvalue weighted by Crippen LogP contribution is -2.64. The number of aromatic hydroxyl groups is 3. The van der Waals surface area contributed by atoms with Crippen molar-refractivity contribution in [1.29, 1.82) is 0 Å². The van der Waals surface area contributed by atoms with Gasteiger partial charge in [0.25, 0.3) is 0 Å². The molecule has 32 heteroatoms. The van der Waals surface area contributed by atoms with E-state index in [9.17, 15) is 70.2 Å². The Hall–Kier alpha value is -7.89. The summed E-state index contributed by atoms with van der Waals surface area (Å²) in [5.41, 5.74) is 10.2. The van der Waals surface area contributed by atoms with Crippen molar-refractivity contribution in [1.82, 2.24) is 26.6 Å². The van der Waals surface area contributed by atoms with Gasteiger partial charge in [-0.05, 0) is 122 Å². The number of phenolic OH excluding ortho intramolecular Hbond substituents is 3. The number of carbonyl (C=O) groups excluding carboxylic acids is 6. The highest BCUT2D eigenvalue weighted by molar-refractivity contribution is 7.80. The molecular weight excluding hydrogens is 1370 g/mol. The van der Waals surface area contributed by atoms with Gasteiger partial charge in [0.1, 0.15) is 71.0 Å². The van der Waals surface area contributed by atoms with Crippen LogP contribution in [0.5, 0.6) is 46.0 Å². The zero-order valence-electron chi connectivity index (χ0n) is 54.5. The van der Waals surface area contributed by atoms with Crippen molar-refractivity contribution in [3.05, 3.63) is 117 Å². The summed E-state index contributed by atoms with van der Waals surface area (Å²) in [6, 6.07) is 7.71. The molecule has 0 aliphatic carbocycles. The molecule has 3 unspecified atom stereocenters. The first-order chi connectivity index (χ1) is 47.3. The van der Waals surface area contributed by atoms with Crippen molar-refractivity contribution in [2.45, 2.75) is 163 Å². The molecule has 538 valence electrons. The summed E-state index contributed by atoms with van der Waals surface area (Å²) in [6.07, 6.45) is -19.0. The van der Waals surface area contributed by atoms with Crippen molar-refractivity contribution >= 4 is 75.6 Å². The number of nitrogens with two attached hydrogens (primary N) is 2. The number of fused-ring (bicyclic) bond motifs is 15. The van der Waals surface area contributed by atoms with E-state index in [4.69, 9.17) is 75.3 Å². The number of rotatable bonds is 13. The summed E-state index contributed by atoms with van der Waals surface area (Å²) in [7, 11) is 1.51. The van der Waals surface area contributed by atoms with Crippen LogP contribution < -0.4 is 52.3 Å². The second-order valence-corrected chi connectivity index (χ2v) is 27.6. The second kappa shape index (κ2) is 30.7. The first kappa shape index (κ1) is 74.8. The van der Waals surface area contributed by atoms with Gasteiger partial charge in [-0.25, -0.2) is 0 Å². The molecule has 12 rings (SSSR count). The molecule has 29 nitrogen and oxygen atoms in total. The molecule has 5 amide bonds. The third-order valence-corrected chi connectivity index (χ3v) is 19.4. The number of ketones is 1. The second-order valence-electron chi connectivity index (χ2n) is 26.3. The Bertz CT molecular complexity index is 3980. The number of primary amides is 1. The van der Waals surface area contributed by atoms with Gasteiger partial charge in [0, 0.05) is 46.4 Å². The maximum absolute atomic E-state index is 15.7. The van der Waals surface area contributed by atoms with Gasteiger partial charge in [0.15, 0.2) is 23.9 Å². The monoisotopic (exact) mass is 1450 g/mol. The quantitative estimate of drug-likeness (QED) is 0.0754. The number of hydrogen-bond donors (Lipinski definition) is 17. The molecule has 100 heavy (non-hydrogen) atoms. The molecule has 2 saturated heterocycles. The fourth-order valence-electron chi connectivity index (χ4n) is 13.1. The van der Waals surface area contributed by atoms with Crippen LogP contribution in [0, 0.1) is 11.8 Å². The molecule has 0 aromatic heterocycles. The van der Waals surface area contributed by atoms with Gasteiger partial charge in [-0.1, -0.05) is 67.5 Å². The number of thiocarbonyl (C=S) groups is 1. The molecule has 7 heterocycles. The summed E-state index contributed by atoms with van der Waals surface area (Å²) in [4.78, 5) is 87.9. The Morgan fingerprint density at radius 1 is 0.750 bits per heavy atom. The maximum atomic E-state index is 15.7. The van der Waals surface area contributed by atoms with Crippen LogP contribution in [0.1, 0.15) is 118 Å². The first-order valence-electron chi connectivity index (χ1n) is 32.1. The fraction of sp³-hybridized carbons (Fsp3) is 0.456. The molecule has 7 aliphatic heterocycles. The third-order valence-electron chi connectivity index (χ3n) is 18.4. The predicted molar refractivity (Wildman–Crippen MR) is 359 cm³/mol. The molecule has 0 saturated carbocycles. The van der Waals surface area contributed by atoms with E-state index in [-0.39, 0.29) is 84.1 Å². The van der Waals surface area contributed by atoms with Crippen LogP contribution in [0.15, 0.2) is 78.9 Å². The van der Waals surface area contributed by atoms with Gasteiger partial charge in [-0.2, -0.15) is 0 Å². The van der Waals surface area contributed by atoms with E-state index in [1.165, 1.54) is 87.6 Å². The summed E-state index contributed by atoms with van der Waals surface area (Å²) >= 11 is 20.6. The largest absolute Gasteiger partial charge is 0.508 e. The van der Waals surface area contributed by atoms with Gasteiger partial charge < -0.3 is 118 Å².